The number of nitrogens with one attached hydrogen (secondary N) is 2. The number of methoxy groups -OCH3 is 1. The van der Waals surface area contributed by atoms with Gasteiger partial charge in [-0.3, -0.25) is 9.89 Å². The number of nitrogens with zero attached hydrogens (tertiary/aromatic N) is 2. The summed E-state index contributed by atoms with van der Waals surface area (Å²) in [6.07, 6.45) is 2.56. The van der Waals surface area contributed by atoms with Gasteiger partial charge in [-0.2, -0.15) is 0 Å². The van der Waals surface area contributed by atoms with Crippen LogP contribution in [-0.2, 0) is 9.47 Å². The first-order valence-electron chi connectivity index (χ1n) is 9.73. The van der Waals surface area contributed by atoms with E-state index in [9.17, 15) is 0 Å². The van der Waals surface area contributed by atoms with E-state index < -0.39 is 0 Å². The van der Waals surface area contributed by atoms with Crippen LogP contribution >= 0.6 is 0 Å². The third-order valence-electron chi connectivity index (χ3n) is 4.50. The average Bonchev–Trinajstić information content (AvgIpc) is 3.20. The Balaban J connectivity index is 1.90. The minimum absolute atomic E-state index is 0.340. The molecule has 6 nitrogen and oxygen atoms in total. The van der Waals surface area contributed by atoms with Crippen LogP contribution in [0.5, 0.6) is 0 Å². The molecule has 6 heteroatoms. The van der Waals surface area contributed by atoms with Crippen LogP contribution < -0.4 is 10.6 Å². The highest BCUT2D eigenvalue weighted by Crippen LogP contribution is 2.25. The first-order chi connectivity index (χ1) is 12.8. The second kappa shape index (κ2) is 12.7. The van der Waals surface area contributed by atoms with Crippen LogP contribution in [0, 0.1) is 0 Å². The molecule has 1 atom stereocenters. The van der Waals surface area contributed by atoms with Crippen LogP contribution in [0.2, 0.25) is 0 Å². The number of ether oxygens (including phenoxy) is 2. The summed E-state index contributed by atoms with van der Waals surface area (Å²) in [7, 11) is 1.68. The lowest BCUT2D eigenvalue weighted by molar-refractivity contribution is 0.0733. The summed E-state index contributed by atoms with van der Waals surface area (Å²) >= 11 is 0. The summed E-state index contributed by atoms with van der Waals surface area (Å²) < 4.78 is 10.5. The molecule has 0 radical (unpaired) electrons. The molecular weight excluding hydrogens is 328 g/mol. The smallest absolute Gasteiger partial charge is 0.191 e. The van der Waals surface area contributed by atoms with E-state index in [1.807, 2.05) is 0 Å². The Labute approximate surface area is 158 Å². The molecular formula is C20H34N4O2. The van der Waals surface area contributed by atoms with Crippen molar-refractivity contribution in [2.75, 3.05) is 59.7 Å². The van der Waals surface area contributed by atoms with Gasteiger partial charge in [-0.05, 0) is 38.4 Å². The zero-order valence-electron chi connectivity index (χ0n) is 16.2. The lowest BCUT2D eigenvalue weighted by atomic mass is 10.1. The van der Waals surface area contributed by atoms with Crippen molar-refractivity contribution in [3.8, 4) is 0 Å². The highest BCUT2D eigenvalue weighted by atomic mass is 16.5. The predicted octanol–water partition coefficient (Wildman–Crippen LogP) is 2.04. The molecule has 1 aromatic carbocycles. The van der Waals surface area contributed by atoms with E-state index in [2.05, 4.69) is 52.8 Å². The Morgan fingerprint density at radius 1 is 1.12 bits per heavy atom. The molecule has 146 valence electrons. The lowest BCUT2D eigenvalue weighted by Gasteiger charge is -2.27. The van der Waals surface area contributed by atoms with Gasteiger partial charge < -0.3 is 20.1 Å². The van der Waals surface area contributed by atoms with E-state index in [0.29, 0.717) is 25.9 Å². The highest BCUT2D eigenvalue weighted by Gasteiger charge is 2.23. The molecule has 1 heterocycles. The second-order valence-corrected chi connectivity index (χ2v) is 6.42. The van der Waals surface area contributed by atoms with Gasteiger partial charge in [0.05, 0.1) is 32.4 Å². The maximum Gasteiger partial charge on any atom is 0.191 e. The van der Waals surface area contributed by atoms with Crippen molar-refractivity contribution in [2.24, 2.45) is 4.99 Å². The van der Waals surface area contributed by atoms with Gasteiger partial charge in [0.1, 0.15) is 0 Å². The number of hydrogen-bond donors (Lipinski definition) is 2. The Morgan fingerprint density at radius 3 is 2.58 bits per heavy atom. The molecule has 0 amide bonds. The van der Waals surface area contributed by atoms with E-state index in [1.165, 1.54) is 18.4 Å². The quantitative estimate of drug-likeness (QED) is 0.358. The molecule has 2 rings (SSSR count). The van der Waals surface area contributed by atoms with Crippen LogP contribution in [0.15, 0.2) is 35.3 Å². The highest BCUT2D eigenvalue weighted by molar-refractivity contribution is 5.79. The SMILES string of the molecule is CCNC(=NCC(c1ccccc1)N1CCCC1)NCCOCCOC. The molecule has 0 spiro atoms. The summed E-state index contributed by atoms with van der Waals surface area (Å²) in [5.41, 5.74) is 1.34. The van der Waals surface area contributed by atoms with Gasteiger partial charge in [-0.1, -0.05) is 30.3 Å². The maximum absolute atomic E-state index is 5.50. The number of likely N-dealkylation sites (tertiary alicyclic amines) is 1. The van der Waals surface area contributed by atoms with Gasteiger partial charge >= 0.3 is 0 Å². The molecule has 1 fully saturated rings. The summed E-state index contributed by atoms with van der Waals surface area (Å²) in [4.78, 5) is 7.39. The van der Waals surface area contributed by atoms with E-state index in [-0.39, 0.29) is 0 Å². The van der Waals surface area contributed by atoms with Crippen molar-refractivity contribution < 1.29 is 9.47 Å². The minimum Gasteiger partial charge on any atom is -0.382 e. The standard InChI is InChI=1S/C20H34N4O2/c1-3-21-20(22-11-14-26-16-15-25-2)23-17-19(24-12-7-8-13-24)18-9-5-4-6-10-18/h4-6,9-10,19H,3,7-8,11-17H2,1-2H3,(H2,21,22,23). The van der Waals surface area contributed by atoms with Crippen LogP contribution in [-0.4, -0.2) is 70.5 Å². The zero-order valence-corrected chi connectivity index (χ0v) is 16.2. The summed E-state index contributed by atoms with van der Waals surface area (Å²) in [5.74, 6) is 0.850. The van der Waals surface area contributed by atoms with E-state index in [1.54, 1.807) is 7.11 Å². The van der Waals surface area contributed by atoms with Crippen molar-refractivity contribution in [3.63, 3.8) is 0 Å². The van der Waals surface area contributed by atoms with E-state index >= 15 is 0 Å². The number of benzene rings is 1. The average molecular weight is 363 g/mol. The number of rotatable bonds is 11. The zero-order chi connectivity index (χ0) is 18.5. The molecule has 0 bridgehead atoms. The Kier molecular flexibility index (Phi) is 10.1. The molecule has 0 saturated carbocycles. The fourth-order valence-corrected chi connectivity index (χ4v) is 3.17. The summed E-state index contributed by atoms with van der Waals surface area (Å²) in [5, 5.41) is 6.67. The first kappa shape index (κ1) is 20.7. The lowest BCUT2D eigenvalue weighted by Crippen LogP contribution is -2.40. The van der Waals surface area contributed by atoms with Gasteiger partial charge in [0.25, 0.3) is 0 Å². The van der Waals surface area contributed by atoms with Crippen molar-refractivity contribution in [1.82, 2.24) is 15.5 Å². The fraction of sp³-hybridized carbons (Fsp3) is 0.650. The largest absolute Gasteiger partial charge is 0.382 e. The molecule has 1 aliphatic heterocycles. The van der Waals surface area contributed by atoms with Crippen LogP contribution in [0.3, 0.4) is 0 Å². The Bertz CT molecular complexity index is 504. The van der Waals surface area contributed by atoms with Crippen LogP contribution in [0.1, 0.15) is 31.4 Å². The van der Waals surface area contributed by atoms with Crippen LogP contribution in [0.4, 0.5) is 0 Å². The molecule has 2 N–H and O–H groups in total. The second-order valence-electron chi connectivity index (χ2n) is 6.42. The first-order valence-corrected chi connectivity index (χ1v) is 9.73. The van der Waals surface area contributed by atoms with Gasteiger partial charge in [0.2, 0.25) is 0 Å². The number of hydrogen-bond acceptors (Lipinski definition) is 4. The predicted molar refractivity (Wildman–Crippen MR) is 107 cm³/mol. The van der Waals surface area contributed by atoms with Crippen molar-refractivity contribution >= 4 is 5.96 Å². The number of guanidine groups is 1. The third-order valence-corrected chi connectivity index (χ3v) is 4.50. The third kappa shape index (κ3) is 7.32. The molecule has 1 aliphatic rings. The normalized spacial score (nSPS) is 16.6. The molecule has 1 aromatic rings. The fourth-order valence-electron chi connectivity index (χ4n) is 3.17. The van der Waals surface area contributed by atoms with E-state index in [4.69, 9.17) is 14.5 Å². The Hall–Kier alpha value is -1.63. The van der Waals surface area contributed by atoms with Gasteiger partial charge in [0, 0.05) is 20.2 Å². The number of aliphatic imine (C=N–C) groups is 1. The van der Waals surface area contributed by atoms with Gasteiger partial charge in [0.15, 0.2) is 5.96 Å². The topological polar surface area (TPSA) is 58.1 Å². The van der Waals surface area contributed by atoms with Crippen molar-refractivity contribution in [2.45, 2.75) is 25.8 Å². The van der Waals surface area contributed by atoms with E-state index in [0.717, 1.165) is 38.7 Å². The molecule has 26 heavy (non-hydrogen) atoms. The maximum atomic E-state index is 5.50. The van der Waals surface area contributed by atoms with Crippen molar-refractivity contribution in [3.05, 3.63) is 35.9 Å². The Morgan fingerprint density at radius 2 is 1.88 bits per heavy atom. The summed E-state index contributed by atoms with van der Waals surface area (Å²) in [6.45, 7) is 8.62. The summed E-state index contributed by atoms with van der Waals surface area (Å²) in [6, 6.07) is 11.1. The van der Waals surface area contributed by atoms with Gasteiger partial charge in [-0.15, -0.1) is 0 Å². The van der Waals surface area contributed by atoms with Crippen molar-refractivity contribution in [1.29, 1.82) is 0 Å². The molecule has 1 saturated heterocycles. The minimum atomic E-state index is 0.340. The molecule has 0 aliphatic carbocycles. The monoisotopic (exact) mass is 362 g/mol. The molecule has 1 unspecified atom stereocenters. The van der Waals surface area contributed by atoms with Crippen LogP contribution in [0.25, 0.3) is 0 Å². The van der Waals surface area contributed by atoms with Gasteiger partial charge in [-0.25, -0.2) is 0 Å². The molecule has 0 aromatic heterocycles.